The third kappa shape index (κ3) is 3.24. The number of nitrogens with zero attached hydrogens (tertiary/aromatic N) is 1. The Hall–Kier alpha value is -2.30. The first kappa shape index (κ1) is 15.1. The molecule has 0 aliphatic rings. The summed E-state index contributed by atoms with van der Waals surface area (Å²) in [6, 6.07) is 6.49. The Labute approximate surface area is 123 Å². The van der Waals surface area contributed by atoms with Crippen LogP contribution in [0.3, 0.4) is 0 Å². The van der Waals surface area contributed by atoms with E-state index in [2.05, 4.69) is 0 Å². The lowest BCUT2D eigenvalue weighted by Gasteiger charge is -2.11. The molecule has 0 aliphatic heterocycles. The van der Waals surface area contributed by atoms with Gasteiger partial charge in [-0.1, -0.05) is 6.07 Å². The van der Waals surface area contributed by atoms with E-state index < -0.39 is 5.97 Å². The molecule has 0 saturated carbocycles. The molecule has 2 aromatic rings. The van der Waals surface area contributed by atoms with Gasteiger partial charge in [-0.25, -0.2) is 9.18 Å². The minimum atomic E-state index is -0.395. The number of ether oxygens (including phenoxy) is 2. The normalized spacial score (nSPS) is 10.5. The smallest absolute Gasteiger partial charge is 0.355 e. The van der Waals surface area contributed by atoms with Crippen molar-refractivity contribution in [1.29, 1.82) is 0 Å². The number of rotatable bonds is 5. The topological polar surface area (TPSA) is 40.5 Å². The number of hydrogen-bond acceptors (Lipinski definition) is 3. The summed E-state index contributed by atoms with van der Waals surface area (Å²) in [5.74, 6) is -0.296. The Morgan fingerprint density at radius 1 is 1.33 bits per heavy atom. The van der Waals surface area contributed by atoms with Gasteiger partial charge in [-0.15, -0.1) is 0 Å². The predicted molar refractivity (Wildman–Crippen MR) is 77.2 cm³/mol. The highest BCUT2D eigenvalue weighted by Crippen LogP contribution is 2.19. The minimum absolute atomic E-state index is 0.262. The van der Waals surface area contributed by atoms with Crippen LogP contribution in [-0.4, -0.2) is 24.3 Å². The molecule has 0 unspecified atom stereocenters. The van der Waals surface area contributed by atoms with E-state index in [1.165, 1.54) is 13.2 Å². The van der Waals surface area contributed by atoms with Crippen LogP contribution in [0.1, 0.15) is 28.5 Å². The highest BCUT2D eigenvalue weighted by atomic mass is 19.1. The van der Waals surface area contributed by atoms with E-state index in [1.54, 1.807) is 29.8 Å². The van der Waals surface area contributed by atoms with E-state index in [0.717, 1.165) is 5.56 Å². The van der Waals surface area contributed by atoms with E-state index in [9.17, 15) is 9.18 Å². The van der Waals surface area contributed by atoms with Crippen LogP contribution in [0.25, 0.3) is 0 Å². The van der Waals surface area contributed by atoms with Crippen molar-refractivity contribution in [2.45, 2.75) is 20.4 Å². The maximum Gasteiger partial charge on any atom is 0.355 e. The summed E-state index contributed by atoms with van der Waals surface area (Å²) in [5.41, 5.74) is 1.74. The molecule has 0 aliphatic carbocycles. The second kappa shape index (κ2) is 6.43. The van der Waals surface area contributed by atoms with Gasteiger partial charge in [0, 0.05) is 17.8 Å². The number of aryl methyl sites for hydroxylation is 1. The number of carbonyl (C=O) groups is 1. The molecular weight excluding hydrogens is 273 g/mol. The van der Waals surface area contributed by atoms with Gasteiger partial charge in [0.25, 0.3) is 0 Å². The van der Waals surface area contributed by atoms with Gasteiger partial charge < -0.3 is 14.0 Å². The zero-order valence-corrected chi connectivity index (χ0v) is 12.4. The fourth-order valence-electron chi connectivity index (χ4n) is 2.16. The lowest BCUT2D eigenvalue weighted by molar-refractivity contribution is 0.0513. The summed E-state index contributed by atoms with van der Waals surface area (Å²) in [6.07, 6.45) is 1.76. The van der Waals surface area contributed by atoms with Crippen LogP contribution in [-0.2, 0) is 11.3 Å². The Bertz CT molecular complexity index is 649. The number of halogens is 1. The summed E-state index contributed by atoms with van der Waals surface area (Å²) in [6.45, 7) is 4.15. The molecule has 0 amide bonds. The first-order valence-electron chi connectivity index (χ1n) is 6.72. The van der Waals surface area contributed by atoms with Crippen LogP contribution >= 0.6 is 0 Å². The molecule has 1 aromatic carbocycles. The van der Waals surface area contributed by atoms with Crippen molar-refractivity contribution >= 4 is 5.97 Å². The molecule has 0 N–H and O–H groups in total. The summed E-state index contributed by atoms with van der Waals surface area (Å²) < 4.78 is 25.7. The molecule has 0 radical (unpaired) electrons. The van der Waals surface area contributed by atoms with Gasteiger partial charge in [0.05, 0.1) is 20.3 Å². The Balaban J connectivity index is 2.30. The number of methoxy groups -OCH3 is 1. The van der Waals surface area contributed by atoms with Gasteiger partial charge in [-0.2, -0.15) is 0 Å². The van der Waals surface area contributed by atoms with E-state index in [-0.39, 0.29) is 12.4 Å². The van der Waals surface area contributed by atoms with E-state index >= 15 is 0 Å². The van der Waals surface area contributed by atoms with Gasteiger partial charge in [0.1, 0.15) is 17.3 Å². The lowest BCUT2D eigenvalue weighted by atomic mass is 10.2. The highest BCUT2D eigenvalue weighted by molar-refractivity contribution is 5.89. The molecule has 0 bridgehead atoms. The van der Waals surface area contributed by atoms with Crippen molar-refractivity contribution in [3.8, 4) is 5.75 Å². The number of carbonyl (C=O) groups excluding carboxylic acids is 1. The zero-order valence-electron chi connectivity index (χ0n) is 12.4. The summed E-state index contributed by atoms with van der Waals surface area (Å²) in [5, 5.41) is 0. The summed E-state index contributed by atoms with van der Waals surface area (Å²) in [7, 11) is 1.49. The minimum Gasteiger partial charge on any atom is -0.497 e. The molecule has 4 nitrogen and oxygen atoms in total. The lowest BCUT2D eigenvalue weighted by Crippen LogP contribution is -2.14. The highest BCUT2D eigenvalue weighted by Gasteiger charge is 2.17. The third-order valence-corrected chi connectivity index (χ3v) is 3.23. The van der Waals surface area contributed by atoms with Crippen molar-refractivity contribution < 1.29 is 18.7 Å². The summed E-state index contributed by atoms with van der Waals surface area (Å²) in [4.78, 5) is 12.0. The molecule has 2 rings (SSSR count). The average Bonchev–Trinajstić information content (AvgIpc) is 2.82. The second-order valence-electron chi connectivity index (χ2n) is 4.65. The molecule has 21 heavy (non-hydrogen) atoms. The van der Waals surface area contributed by atoms with Crippen LogP contribution in [0.5, 0.6) is 5.75 Å². The van der Waals surface area contributed by atoms with Crippen molar-refractivity contribution in [3.63, 3.8) is 0 Å². The summed E-state index contributed by atoms with van der Waals surface area (Å²) >= 11 is 0. The van der Waals surface area contributed by atoms with Gasteiger partial charge in [-0.3, -0.25) is 0 Å². The number of hydrogen-bond donors (Lipinski definition) is 0. The van der Waals surface area contributed by atoms with Crippen molar-refractivity contribution in [2.24, 2.45) is 0 Å². The fraction of sp³-hybridized carbons (Fsp3) is 0.312. The SMILES string of the molecule is CCOC(=O)c1c(C)ccn1Cc1ccc(OC)cc1F. The molecule has 0 atom stereocenters. The predicted octanol–water partition coefficient (Wildman–Crippen LogP) is 3.17. The molecule has 1 aromatic heterocycles. The monoisotopic (exact) mass is 291 g/mol. The van der Waals surface area contributed by atoms with Gasteiger partial charge >= 0.3 is 5.97 Å². The molecular formula is C16H18FNO3. The number of benzene rings is 1. The molecule has 0 saturated heterocycles. The molecule has 0 spiro atoms. The van der Waals surface area contributed by atoms with E-state index in [1.807, 2.05) is 13.0 Å². The van der Waals surface area contributed by atoms with Crippen LogP contribution in [0.2, 0.25) is 0 Å². The largest absolute Gasteiger partial charge is 0.497 e. The molecule has 5 heteroatoms. The first-order valence-corrected chi connectivity index (χ1v) is 6.72. The second-order valence-corrected chi connectivity index (χ2v) is 4.65. The van der Waals surface area contributed by atoms with Gasteiger partial charge in [-0.05, 0) is 31.5 Å². The van der Waals surface area contributed by atoms with Gasteiger partial charge in [0.2, 0.25) is 0 Å². The fourth-order valence-corrected chi connectivity index (χ4v) is 2.16. The van der Waals surface area contributed by atoms with Crippen LogP contribution in [0.4, 0.5) is 4.39 Å². The van der Waals surface area contributed by atoms with Crippen LogP contribution in [0.15, 0.2) is 30.5 Å². The van der Waals surface area contributed by atoms with Crippen molar-refractivity contribution in [3.05, 3.63) is 53.1 Å². The van der Waals surface area contributed by atoms with E-state index in [4.69, 9.17) is 9.47 Å². The number of aromatic nitrogens is 1. The quantitative estimate of drug-likeness (QED) is 0.794. The molecule has 0 fully saturated rings. The Morgan fingerprint density at radius 2 is 2.10 bits per heavy atom. The van der Waals surface area contributed by atoms with Crippen LogP contribution in [0, 0.1) is 12.7 Å². The zero-order chi connectivity index (χ0) is 15.4. The Morgan fingerprint density at radius 3 is 2.71 bits per heavy atom. The third-order valence-electron chi connectivity index (χ3n) is 3.23. The van der Waals surface area contributed by atoms with Crippen molar-refractivity contribution in [2.75, 3.05) is 13.7 Å². The van der Waals surface area contributed by atoms with Crippen molar-refractivity contribution in [1.82, 2.24) is 4.57 Å². The Kier molecular flexibility index (Phi) is 4.62. The maximum absolute atomic E-state index is 14.0. The molecule has 1 heterocycles. The first-order chi connectivity index (χ1) is 10.1. The average molecular weight is 291 g/mol. The standard InChI is InChI=1S/C16H18FNO3/c1-4-21-16(19)15-11(2)7-8-18(15)10-12-5-6-13(20-3)9-14(12)17/h5-9H,4,10H2,1-3H3. The number of esters is 1. The van der Waals surface area contributed by atoms with Crippen LogP contribution < -0.4 is 4.74 Å². The van der Waals surface area contributed by atoms with E-state index in [0.29, 0.717) is 23.6 Å². The molecule has 112 valence electrons. The maximum atomic E-state index is 14.0. The van der Waals surface area contributed by atoms with Gasteiger partial charge in [0.15, 0.2) is 0 Å².